The van der Waals surface area contributed by atoms with E-state index in [0.29, 0.717) is 0 Å². The van der Waals surface area contributed by atoms with Crippen molar-refractivity contribution in [2.45, 2.75) is 13.8 Å². The van der Waals surface area contributed by atoms with Gasteiger partial charge in [0.1, 0.15) is 0 Å². The van der Waals surface area contributed by atoms with Crippen LogP contribution >= 0.6 is 0 Å². The Morgan fingerprint density at radius 2 is 2.00 bits per heavy atom. The van der Waals surface area contributed by atoms with Crippen molar-refractivity contribution in [3.05, 3.63) is 11.3 Å². The monoisotopic (exact) mass is 82.0 g/mol. The second-order valence-electron chi connectivity index (χ2n) is 1.23. The minimum absolute atomic E-state index is 0.866. The first-order chi connectivity index (χ1) is 2.77. The zero-order valence-corrected chi connectivity index (χ0v) is 3.91. The first-order valence-electron chi connectivity index (χ1n) is 1.70. The molecule has 0 bridgehead atoms. The van der Waals surface area contributed by atoms with Crippen LogP contribution in [0.2, 0.25) is 0 Å². The lowest BCUT2D eigenvalue weighted by Crippen LogP contribution is -1.51. The molecule has 0 aliphatic heterocycles. The van der Waals surface area contributed by atoms with Crippen molar-refractivity contribution in [2.24, 2.45) is 0 Å². The van der Waals surface area contributed by atoms with Gasteiger partial charge < -0.3 is 0 Å². The molecule has 32 valence electrons. The van der Waals surface area contributed by atoms with Crippen molar-refractivity contribution < 1.29 is 4.79 Å². The lowest BCUT2D eigenvalue weighted by atomic mass is 10.4. The summed E-state index contributed by atoms with van der Waals surface area (Å²) < 4.78 is 0. The standard InChI is InChI=1S/C5H6O/c1-5(2)3-4-6/h1-2H3. The van der Waals surface area contributed by atoms with Gasteiger partial charge in [-0.1, -0.05) is 0 Å². The van der Waals surface area contributed by atoms with E-state index < -0.39 is 0 Å². The van der Waals surface area contributed by atoms with Crippen molar-refractivity contribution in [3.63, 3.8) is 0 Å². The van der Waals surface area contributed by atoms with Gasteiger partial charge in [0.25, 0.3) is 0 Å². The van der Waals surface area contributed by atoms with Crippen LogP contribution in [0.1, 0.15) is 13.8 Å². The molecule has 0 spiro atoms. The molecule has 1 nitrogen and oxygen atoms in total. The Hall–Kier alpha value is -0.770. The number of allylic oxidation sites excluding steroid dienone is 1. The van der Waals surface area contributed by atoms with Crippen molar-refractivity contribution >= 4 is 5.94 Å². The maximum absolute atomic E-state index is 9.36. The maximum Gasteiger partial charge on any atom is 0.177 e. The second-order valence-corrected chi connectivity index (χ2v) is 1.23. The highest BCUT2D eigenvalue weighted by molar-refractivity contribution is 5.44. The van der Waals surface area contributed by atoms with Crippen LogP contribution in [-0.2, 0) is 4.79 Å². The van der Waals surface area contributed by atoms with Crippen LogP contribution in [-0.4, -0.2) is 5.94 Å². The minimum Gasteiger partial charge on any atom is -0.224 e. The summed E-state index contributed by atoms with van der Waals surface area (Å²) in [5.74, 6) is 1.53. The molecule has 0 heterocycles. The highest BCUT2D eigenvalue weighted by Crippen LogP contribution is 1.77. The van der Waals surface area contributed by atoms with E-state index in [2.05, 4.69) is 5.73 Å². The molecule has 0 aromatic heterocycles. The molecule has 0 N–H and O–H groups in total. The molecule has 0 unspecified atom stereocenters. The first kappa shape index (κ1) is 5.23. The Labute approximate surface area is 37.0 Å². The van der Waals surface area contributed by atoms with Crippen LogP contribution in [0.5, 0.6) is 0 Å². The largest absolute Gasteiger partial charge is 0.224 e. The quantitative estimate of drug-likeness (QED) is 0.314. The lowest BCUT2D eigenvalue weighted by Gasteiger charge is -1.65. The number of hydrogen-bond donors (Lipinski definition) is 0. The highest BCUT2D eigenvalue weighted by atomic mass is 16.1. The van der Waals surface area contributed by atoms with E-state index in [0.717, 1.165) is 5.57 Å². The topological polar surface area (TPSA) is 17.1 Å². The summed E-state index contributed by atoms with van der Waals surface area (Å²) in [6.45, 7) is 3.59. The summed E-state index contributed by atoms with van der Waals surface area (Å²) in [5.41, 5.74) is 3.19. The summed E-state index contributed by atoms with van der Waals surface area (Å²) >= 11 is 0. The minimum atomic E-state index is 0.866. The van der Waals surface area contributed by atoms with Gasteiger partial charge in [-0.2, -0.15) is 0 Å². The Bertz CT molecular complexity index is 108. The first-order valence-corrected chi connectivity index (χ1v) is 1.70. The molecule has 0 aliphatic rings. The van der Waals surface area contributed by atoms with Crippen LogP contribution in [0.25, 0.3) is 0 Å². The average Bonchev–Trinajstić information content (AvgIpc) is 1.35. The summed E-state index contributed by atoms with van der Waals surface area (Å²) in [6, 6.07) is 0. The van der Waals surface area contributed by atoms with Crippen molar-refractivity contribution in [1.29, 1.82) is 0 Å². The van der Waals surface area contributed by atoms with Crippen molar-refractivity contribution in [3.8, 4) is 0 Å². The van der Waals surface area contributed by atoms with E-state index in [9.17, 15) is 4.79 Å². The predicted molar refractivity (Wildman–Crippen MR) is 24.1 cm³/mol. The molecule has 0 aliphatic carbocycles. The van der Waals surface area contributed by atoms with E-state index in [4.69, 9.17) is 0 Å². The number of carbonyl (C=O) groups excluding carboxylic acids is 1. The molecule has 0 aromatic carbocycles. The van der Waals surface area contributed by atoms with Crippen LogP contribution in [0.15, 0.2) is 11.3 Å². The molecule has 0 aromatic rings. The molecular weight excluding hydrogens is 76.1 g/mol. The smallest absolute Gasteiger partial charge is 0.177 e. The van der Waals surface area contributed by atoms with Crippen LogP contribution in [0, 0.1) is 0 Å². The van der Waals surface area contributed by atoms with Crippen LogP contribution < -0.4 is 0 Å². The zero-order chi connectivity index (χ0) is 4.99. The van der Waals surface area contributed by atoms with Crippen LogP contribution in [0.4, 0.5) is 0 Å². The molecule has 0 rings (SSSR count). The van der Waals surface area contributed by atoms with Gasteiger partial charge in [0.15, 0.2) is 5.94 Å². The molecule has 0 fully saturated rings. The third-order valence-electron chi connectivity index (χ3n) is 0.301. The van der Waals surface area contributed by atoms with E-state index >= 15 is 0 Å². The molecule has 0 saturated carbocycles. The van der Waals surface area contributed by atoms with Gasteiger partial charge in [-0.15, -0.1) is 0 Å². The molecule has 0 saturated heterocycles. The molecule has 1 heteroatoms. The average molecular weight is 82.1 g/mol. The number of rotatable bonds is 0. The molecule has 6 heavy (non-hydrogen) atoms. The normalized spacial score (nSPS) is 5.67. The number of hydrogen-bond acceptors (Lipinski definition) is 1. The second kappa shape index (κ2) is 2.47. The molecule has 0 atom stereocenters. The third kappa shape index (κ3) is 3.23. The van der Waals surface area contributed by atoms with Crippen LogP contribution in [0.3, 0.4) is 0 Å². The summed E-state index contributed by atoms with van der Waals surface area (Å²) in [6.07, 6.45) is 0. The lowest BCUT2D eigenvalue weighted by molar-refractivity contribution is 0.569. The van der Waals surface area contributed by atoms with Gasteiger partial charge in [-0.3, -0.25) is 0 Å². The van der Waals surface area contributed by atoms with E-state index in [1.807, 2.05) is 0 Å². The summed E-state index contributed by atoms with van der Waals surface area (Å²) in [7, 11) is 0. The Kier molecular flexibility index (Phi) is 2.15. The fraction of sp³-hybridized carbons (Fsp3) is 0.400. The molecule has 0 amide bonds. The fourth-order valence-electron chi connectivity index (χ4n) is 0.102. The van der Waals surface area contributed by atoms with Crippen molar-refractivity contribution in [2.75, 3.05) is 0 Å². The maximum atomic E-state index is 9.36. The van der Waals surface area contributed by atoms with Crippen molar-refractivity contribution in [1.82, 2.24) is 0 Å². The summed E-state index contributed by atoms with van der Waals surface area (Å²) in [4.78, 5) is 9.36. The third-order valence-corrected chi connectivity index (χ3v) is 0.301. The van der Waals surface area contributed by atoms with Gasteiger partial charge in [0, 0.05) is 0 Å². The van der Waals surface area contributed by atoms with E-state index in [1.165, 1.54) is 5.94 Å². The Balaban J connectivity index is 4.13. The zero-order valence-electron chi connectivity index (χ0n) is 3.91. The van der Waals surface area contributed by atoms with E-state index in [1.54, 1.807) is 13.8 Å². The van der Waals surface area contributed by atoms with Gasteiger partial charge in [-0.05, 0) is 25.2 Å². The van der Waals surface area contributed by atoms with Gasteiger partial charge >= 0.3 is 0 Å². The van der Waals surface area contributed by atoms with Gasteiger partial charge in [0.2, 0.25) is 0 Å². The Morgan fingerprint density at radius 1 is 1.50 bits per heavy atom. The van der Waals surface area contributed by atoms with E-state index in [-0.39, 0.29) is 0 Å². The Morgan fingerprint density at radius 3 is 2.00 bits per heavy atom. The van der Waals surface area contributed by atoms with Gasteiger partial charge in [0.05, 0.1) is 0 Å². The SMILES string of the molecule is CC(C)=C=C=O. The molecule has 0 radical (unpaired) electrons. The highest BCUT2D eigenvalue weighted by Gasteiger charge is 1.61. The van der Waals surface area contributed by atoms with Gasteiger partial charge in [-0.25, -0.2) is 4.79 Å². The summed E-state index contributed by atoms with van der Waals surface area (Å²) in [5, 5.41) is 0. The molecular formula is C5H6O. The fourth-order valence-corrected chi connectivity index (χ4v) is 0.102. The predicted octanol–water partition coefficient (Wildman–Crippen LogP) is 0.939.